The number of carbonyl (C=O) groups is 1. The molecular formula is C19H22N2O3. The lowest BCUT2D eigenvalue weighted by Crippen LogP contribution is -2.40. The third-order valence-electron chi connectivity index (χ3n) is 3.86. The van der Waals surface area contributed by atoms with Crippen LogP contribution in [0.5, 0.6) is 11.5 Å². The van der Waals surface area contributed by atoms with Crippen molar-refractivity contribution in [2.75, 3.05) is 32.1 Å². The van der Waals surface area contributed by atoms with Gasteiger partial charge in [0.15, 0.2) is 11.5 Å². The van der Waals surface area contributed by atoms with Gasteiger partial charge in [-0.25, -0.2) is 0 Å². The number of para-hydroxylation sites is 3. The quantitative estimate of drug-likeness (QED) is 0.887. The van der Waals surface area contributed by atoms with Gasteiger partial charge >= 0.3 is 0 Å². The van der Waals surface area contributed by atoms with E-state index in [4.69, 9.17) is 9.47 Å². The van der Waals surface area contributed by atoms with Gasteiger partial charge in [0.05, 0.1) is 0 Å². The Kier molecular flexibility index (Phi) is 5.33. The van der Waals surface area contributed by atoms with Crippen LogP contribution in [-0.2, 0) is 4.79 Å². The Hall–Kier alpha value is -2.53. The van der Waals surface area contributed by atoms with Gasteiger partial charge in [0.2, 0.25) is 5.91 Å². The number of nitrogens with zero attached hydrogens (tertiary/aromatic N) is 1. The summed E-state index contributed by atoms with van der Waals surface area (Å²) in [5, 5.41) is 2.89. The molecule has 2 aromatic rings. The molecule has 0 radical (unpaired) electrons. The van der Waals surface area contributed by atoms with Gasteiger partial charge in [0, 0.05) is 25.2 Å². The lowest BCUT2D eigenvalue weighted by atomic mass is 10.2. The summed E-state index contributed by atoms with van der Waals surface area (Å²) < 4.78 is 11.6. The van der Waals surface area contributed by atoms with E-state index in [1.807, 2.05) is 61.6 Å². The van der Waals surface area contributed by atoms with E-state index in [1.54, 1.807) is 0 Å². The molecule has 1 aliphatic rings. The largest absolute Gasteiger partial charge is 0.486 e. The number of hydrogen-bond acceptors (Lipinski definition) is 4. The number of nitrogens with one attached hydrogen (secondary N) is 1. The van der Waals surface area contributed by atoms with E-state index in [9.17, 15) is 4.79 Å². The zero-order valence-corrected chi connectivity index (χ0v) is 13.8. The number of anilines is 1. The first-order chi connectivity index (χ1) is 11.7. The number of hydrogen-bond donors (Lipinski definition) is 1. The number of amides is 1. The molecule has 1 atom stereocenters. The summed E-state index contributed by atoms with van der Waals surface area (Å²) in [7, 11) is 1.99. The van der Waals surface area contributed by atoms with Gasteiger partial charge < -0.3 is 19.7 Å². The maximum atomic E-state index is 12.0. The molecule has 24 heavy (non-hydrogen) atoms. The minimum absolute atomic E-state index is 0.0132. The van der Waals surface area contributed by atoms with Crippen molar-refractivity contribution in [3.8, 4) is 11.5 Å². The summed E-state index contributed by atoms with van der Waals surface area (Å²) >= 11 is 0. The Labute approximate surface area is 142 Å². The van der Waals surface area contributed by atoms with Crippen LogP contribution in [0.4, 0.5) is 5.69 Å². The summed E-state index contributed by atoms with van der Waals surface area (Å²) in [4.78, 5) is 14.1. The number of benzene rings is 2. The summed E-state index contributed by atoms with van der Waals surface area (Å²) in [6.07, 6.45) is 0.414. The smallest absolute Gasteiger partial charge is 0.225 e. The van der Waals surface area contributed by atoms with E-state index in [-0.39, 0.29) is 12.0 Å². The van der Waals surface area contributed by atoms with Crippen molar-refractivity contribution in [2.45, 2.75) is 12.5 Å². The highest BCUT2D eigenvalue weighted by atomic mass is 16.6. The van der Waals surface area contributed by atoms with E-state index in [2.05, 4.69) is 10.2 Å². The van der Waals surface area contributed by atoms with Crippen LogP contribution in [0.25, 0.3) is 0 Å². The van der Waals surface area contributed by atoms with E-state index in [0.717, 1.165) is 17.2 Å². The summed E-state index contributed by atoms with van der Waals surface area (Å²) in [6, 6.07) is 17.2. The Morgan fingerprint density at radius 2 is 1.83 bits per heavy atom. The number of carbonyl (C=O) groups excluding carboxylic acids is 1. The van der Waals surface area contributed by atoms with Gasteiger partial charge in [-0.2, -0.15) is 0 Å². The molecule has 126 valence electrons. The summed E-state index contributed by atoms with van der Waals surface area (Å²) in [5.41, 5.74) is 0.825. The highest BCUT2D eigenvalue weighted by molar-refractivity contribution is 5.90. The van der Waals surface area contributed by atoms with Crippen LogP contribution in [0, 0.1) is 0 Å². The molecule has 5 nitrogen and oxygen atoms in total. The van der Waals surface area contributed by atoms with Crippen LogP contribution in [0.1, 0.15) is 6.42 Å². The number of ether oxygens (including phenoxy) is 2. The van der Waals surface area contributed by atoms with E-state index < -0.39 is 0 Å². The van der Waals surface area contributed by atoms with Crippen molar-refractivity contribution in [2.24, 2.45) is 0 Å². The zero-order valence-electron chi connectivity index (χ0n) is 13.8. The number of likely N-dealkylation sites (N-methyl/N-ethyl adjacent to an activating group) is 1. The predicted octanol–water partition coefficient (Wildman–Crippen LogP) is 2.79. The van der Waals surface area contributed by atoms with Crippen LogP contribution in [0.15, 0.2) is 54.6 Å². The molecule has 2 aromatic carbocycles. The molecule has 5 heteroatoms. The maximum Gasteiger partial charge on any atom is 0.225 e. The summed E-state index contributed by atoms with van der Waals surface area (Å²) in [5.74, 6) is 1.59. The van der Waals surface area contributed by atoms with Crippen LogP contribution < -0.4 is 14.8 Å². The fraction of sp³-hybridized carbons (Fsp3) is 0.316. The molecule has 0 bridgehead atoms. The lowest BCUT2D eigenvalue weighted by Gasteiger charge is -2.29. The standard InChI is InChI=1S/C19H22N2O3/c1-21(12-11-19(22)20-15-7-3-2-4-8-15)13-16-14-23-17-9-5-6-10-18(17)24-16/h2-10,16H,11-14H2,1H3,(H,20,22). The molecule has 1 heterocycles. The molecule has 0 aliphatic carbocycles. The molecule has 0 aromatic heterocycles. The first kappa shape index (κ1) is 16.3. The normalized spacial score (nSPS) is 16.0. The van der Waals surface area contributed by atoms with Gasteiger partial charge in [0.25, 0.3) is 0 Å². The summed E-state index contributed by atoms with van der Waals surface area (Å²) in [6.45, 7) is 1.91. The van der Waals surface area contributed by atoms with Crippen LogP contribution in [0.3, 0.4) is 0 Å². The monoisotopic (exact) mass is 326 g/mol. The minimum Gasteiger partial charge on any atom is -0.486 e. The third-order valence-corrected chi connectivity index (χ3v) is 3.86. The fourth-order valence-electron chi connectivity index (χ4n) is 2.63. The highest BCUT2D eigenvalue weighted by Crippen LogP contribution is 2.30. The van der Waals surface area contributed by atoms with Crippen LogP contribution in [0.2, 0.25) is 0 Å². The Morgan fingerprint density at radius 3 is 2.62 bits per heavy atom. The molecule has 1 N–H and O–H groups in total. The molecule has 0 saturated heterocycles. The van der Waals surface area contributed by atoms with Crippen LogP contribution in [-0.4, -0.2) is 43.7 Å². The van der Waals surface area contributed by atoms with Crippen molar-refractivity contribution in [3.05, 3.63) is 54.6 Å². The second-order valence-electron chi connectivity index (χ2n) is 5.92. The number of rotatable bonds is 6. The first-order valence-corrected chi connectivity index (χ1v) is 8.12. The molecule has 3 rings (SSSR count). The van der Waals surface area contributed by atoms with Gasteiger partial charge in [0.1, 0.15) is 12.7 Å². The molecule has 1 aliphatic heterocycles. The fourth-order valence-corrected chi connectivity index (χ4v) is 2.63. The van der Waals surface area contributed by atoms with E-state index in [1.165, 1.54) is 0 Å². The Morgan fingerprint density at radius 1 is 1.12 bits per heavy atom. The molecule has 0 saturated carbocycles. The number of fused-ring (bicyclic) bond motifs is 1. The molecule has 0 spiro atoms. The molecular weight excluding hydrogens is 304 g/mol. The SMILES string of the molecule is CN(CCC(=O)Nc1ccccc1)CC1COc2ccccc2O1. The van der Waals surface area contributed by atoms with Crippen molar-refractivity contribution in [1.29, 1.82) is 0 Å². The lowest BCUT2D eigenvalue weighted by molar-refractivity contribution is -0.116. The predicted molar refractivity (Wildman–Crippen MR) is 93.5 cm³/mol. The van der Waals surface area contributed by atoms with Gasteiger partial charge in [-0.3, -0.25) is 4.79 Å². The van der Waals surface area contributed by atoms with Crippen LogP contribution >= 0.6 is 0 Å². The van der Waals surface area contributed by atoms with Crippen molar-refractivity contribution in [1.82, 2.24) is 4.90 Å². The Balaban J connectivity index is 1.41. The minimum atomic E-state index is -0.0258. The third kappa shape index (κ3) is 4.49. The molecule has 0 fully saturated rings. The maximum absolute atomic E-state index is 12.0. The van der Waals surface area contributed by atoms with Crippen molar-refractivity contribution >= 4 is 11.6 Å². The van der Waals surface area contributed by atoms with Crippen molar-refractivity contribution in [3.63, 3.8) is 0 Å². The second kappa shape index (κ2) is 7.84. The first-order valence-electron chi connectivity index (χ1n) is 8.12. The van der Waals surface area contributed by atoms with Gasteiger partial charge in [-0.1, -0.05) is 30.3 Å². The molecule has 1 amide bonds. The Bertz CT molecular complexity index is 675. The highest BCUT2D eigenvalue weighted by Gasteiger charge is 2.21. The topological polar surface area (TPSA) is 50.8 Å². The zero-order chi connectivity index (χ0) is 16.8. The second-order valence-corrected chi connectivity index (χ2v) is 5.92. The average Bonchev–Trinajstić information content (AvgIpc) is 2.61. The van der Waals surface area contributed by atoms with Crippen molar-refractivity contribution < 1.29 is 14.3 Å². The van der Waals surface area contributed by atoms with E-state index in [0.29, 0.717) is 26.1 Å². The average molecular weight is 326 g/mol. The molecule has 1 unspecified atom stereocenters. The van der Waals surface area contributed by atoms with Gasteiger partial charge in [-0.15, -0.1) is 0 Å². The van der Waals surface area contributed by atoms with Gasteiger partial charge in [-0.05, 0) is 31.3 Å². The van der Waals surface area contributed by atoms with E-state index >= 15 is 0 Å².